The molecule has 1 N–H and O–H groups in total. The van der Waals surface area contributed by atoms with Gasteiger partial charge in [0.05, 0.1) is 18.3 Å². The van der Waals surface area contributed by atoms with Crippen LogP contribution in [0.3, 0.4) is 0 Å². The Morgan fingerprint density at radius 2 is 2.05 bits per heavy atom. The van der Waals surface area contributed by atoms with Gasteiger partial charge in [-0.05, 0) is 18.9 Å². The summed E-state index contributed by atoms with van der Waals surface area (Å²) in [7, 11) is 1.78. The first kappa shape index (κ1) is 13.8. The second kappa shape index (κ2) is 5.00. The minimum Gasteiger partial charge on any atom is -0.383 e. The molecule has 5 nitrogen and oxygen atoms in total. The van der Waals surface area contributed by atoms with Crippen LogP contribution in [0.1, 0.15) is 27.9 Å². The topological polar surface area (TPSA) is 58.4 Å². The number of likely N-dealkylation sites (tertiary alicyclic amines) is 1. The summed E-state index contributed by atoms with van der Waals surface area (Å²) in [6, 6.07) is 7.85. The first-order valence-corrected chi connectivity index (χ1v) is 7.05. The number of amides is 1. The van der Waals surface area contributed by atoms with E-state index >= 15 is 0 Å². The summed E-state index contributed by atoms with van der Waals surface area (Å²) in [5.41, 5.74) is 1.63. The zero-order valence-electron chi connectivity index (χ0n) is 12.3. The lowest BCUT2D eigenvalue weighted by atomic mass is 9.92. The molecule has 1 aromatic heterocycles. The minimum atomic E-state index is -0.953. The summed E-state index contributed by atoms with van der Waals surface area (Å²) < 4.78 is 1.61. The highest BCUT2D eigenvalue weighted by atomic mass is 16.3. The molecule has 0 aliphatic carbocycles. The third kappa shape index (κ3) is 2.56. The predicted octanol–water partition coefficient (Wildman–Crippen LogP) is 1.46. The Bertz CT molecular complexity index is 662. The van der Waals surface area contributed by atoms with E-state index in [1.54, 1.807) is 29.0 Å². The van der Waals surface area contributed by atoms with Gasteiger partial charge >= 0.3 is 0 Å². The number of benzene rings is 1. The SMILES string of the molecule is Cc1ccc(C2(O)CCN(C(=O)c3cnn(C)c3)C2)cc1. The normalized spacial score (nSPS) is 21.8. The molecule has 3 rings (SSSR count). The zero-order chi connectivity index (χ0) is 15.0. The monoisotopic (exact) mass is 285 g/mol. The van der Waals surface area contributed by atoms with Crippen molar-refractivity contribution < 1.29 is 9.90 Å². The summed E-state index contributed by atoms with van der Waals surface area (Å²) in [6.45, 7) is 2.89. The van der Waals surface area contributed by atoms with Gasteiger partial charge < -0.3 is 10.0 Å². The number of hydrogen-bond donors (Lipinski definition) is 1. The zero-order valence-corrected chi connectivity index (χ0v) is 12.3. The van der Waals surface area contributed by atoms with E-state index in [2.05, 4.69) is 5.10 Å². The smallest absolute Gasteiger partial charge is 0.257 e. The Morgan fingerprint density at radius 1 is 1.33 bits per heavy atom. The molecule has 1 aromatic carbocycles. The van der Waals surface area contributed by atoms with Crippen LogP contribution in [0.4, 0.5) is 0 Å². The van der Waals surface area contributed by atoms with Crippen LogP contribution in [0.5, 0.6) is 0 Å². The number of nitrogens with zero attached hydrogens (tertiary/aromatic N) is 3. The molecule has 110 valence electrons. The summed E-state index contributed by atoms with van der Waals surface area (Å²) in [6.07, 6.45) is 3.82. The maximum absolute atomic E-state index is 12.4. The largest absolute Gasteiger partial charge is 0.383 e. The van der Waals surface area contributed by atoms with Crippen molar-refractivity contribution in [2.75, 3.05) is 13.1 Å². The molecule has 1 saturated heterocycles. The van der Waals surface area contributed by atoms with E-state index in [1.165, 1.54) is 0 Å². The maximum atomic E-state index is 12.4. The van der Waals surface area contributed by atoms with Crippen LogP contribution in [-0.2, 0) is 12.6 Å². The molecule has 2 heterocycles. The molecule has 2 aromatic rings. The van der Waals surface area contributed by atoms with Crippen LogP contribution < -0.4 is 0 Å². The number of β-amino-alcohol motifs (C(OH)–C–C–N with tert-alkyl or cyclic N) is 1. The fourth-order valence-electron chi connectivity index (χ4n) is 2.78. The summed E-state index contributed by atoms with van der Waals surface area (Å²) in [4.78, 5) is 14.1. The quantitative estimate of drug-likeness (QED) is 0.909. The lowest BCUT2D eigenvalue weighted by Gasteiger charge is -2.24. The van der Waals surface area contributed by atoms with E-state index in [4.69, 9.17) is 0 Å². The van der Waals surface area contributed by atoms with Crippen LogP contribution in [0.2, 0.25) is 0 Å². The van der Waals surface area contributed by atoms with E-state index < -0.39 is 5.60 Å². The number of hydrogen-bond acceptors (Lipinski definition) is 3. The molecule has 0 saturated carbocycles. The van der Waals surface area contributed by atoms with Crippen molar-refractivity contribution >= 4 is 5.91 Å². The molecule has 0 radical (unpaired) electrons. The molecule has 1 amide bonds. The van der Waals surface area contributed by atoms with Gasteiger partial charge in [0.15, 0.2) is 0 Å². The van der Waals surface area contributed by atoms with Crippen LogP contribution >= 0.6 is 0 Å². The molecule has 21 heavy (non-hydrogen) atoms. The van der Waals surface area contributed by atoms with E-state index in [-0.39, 0.29) is 5.91 Å². The van der Waals surface area contributed by atoms with Crippen molar-refractivity contribution in [1.29, 1.82) is 0 Å². The van der Waals surface area contributed by atoms with Crippen molar-refractivity contribution in [3.05, 3.63) is 53.3 Å². The van der Waals surface area contributed by atoms with Gasteiger partial charge in [-0.2, -0.15) is 5.10 Å². The van der Waals surface area contributed by atoms with Gasteiger partial charge in [-0.25, -0.2) is 0 Å². The number of aromatic nitrogens is 2. The van der Waals surface area contributed by atoms with E-state index in [1.807, 2.05) is 31.2 Å². The van der Waals surface area contributed by atoms with Gasteiger partial charge in [0.25, 0.3) is 5.91 Å². The van der Waals surface area contributed by atoms with Crippen LogP contribution in [0, 0.1) is 6.92 Å². The van der Waals surface area contributed by atoms with Gasteiger partial charge in [0.2, 0.25) is 0 Å². The Labute approximate surface area is 123 Å². The second-order valence-electron chi connectivity index (χ2n) is 5.78. The number of carbonyl (C=O) groups is 1. The van der Waals surface area contributed by atoms with Gasteiger partial charge in [0, 0.05) is 19.8 Å². The number of aliphatic hydroxyl groups is 1. The van der Waals surface area contributed by atoms with Gasteiger partial charge in [0.1, 0.15) is 5.60 Å². The third-order valence-corrected chi connectivity index (χ3v) is 4.08. The Hall–Kier alpha value is -2.14. The number of rotatable bonds is 2. The van der Waals surface area contributed by atoms with Crippen LogP contribution in [-0.4, -0.2) is 38.8 Å². The van der Waals surface area contributed by atoms with Gasteiger partial charge in [-0.3, -0.25) is 9.48 Å². The predicted molar refractivity (Wildman–Crippen MR) is 78.8 cm³/mol. The molecule has 1 atom stereocenters. The van der Waals surface area contributed by atoms with Crippen LogP contribution in [0.25, 0.3) is 0 Å². The molecular weight excluding hydrogens is 266 g/mol. The Morgan fingerprint density at radius 3 is 2.67 bits per heavy atom. The highest BCUT2D eigenvalue weighted by Gasteiger charge is 2.39. The van der Waals surface area contributed by atoms with Crippen molar-refractivity contribution in [1.82, 2.24) is 14.7 Å². The van der Waals surface area contributed by atoms with Crippen molar-refractivity contribution in [3.8, 4) is 0 Å². The first-order valence-electron chi connectivity index (χ1n) is 7.05. The maximum Gasteiger partial charge on any atom is 0.257 e. The van der Waals surface area contributed by atoms with Crippen LogP contribution in [0.15, 0.2) is 36.7 Å². The van der Waals surface area contributed by atoms with E-state index in [9.17, 15) is 9.90 Å². The summed E-state index contributed by atoms with van der Waals surface area (Å²) in [5, 5.41) is 14.8. The molecule has 0 spiro atoms. The highest BCUT2D eigenvalue weighted by molar-refractivity contribution is 5.94. The Kier molecular flexibility index (Phi) is 3.29. The molecule has 5 heteroatoms. The second-order valence-corrected chi connectivity index (χ2v) is 5.78. The van der Waals surface area contributed by atoms with E-state index in [0.29, 0.717) is 25.1 Å². The highest BCUT2D eigenvalue weighted by Crippen LogP contribution is 2.32. The average molecular weight is 285 g/mol. The fourth-order valence-corrected chi connectivity index (χ4v) is 2.78. The molecule has 1 fully saturated rings. The number of carbonyl (C=O) groups excluding carboxylic acids is 1. The molecular formula is C16H19N3O2. The van der Waals surface area contributed by atoms with Gasteiger partial charge in [-0.15, -0.1) is 0 Å². The van der Waals surface area contributed by atoms with Crippen molar-refractivity contribution in [2.45, 2.75) is 18.9 Å². The third-order valence-electron chi connectivity index (χ3n) is 4.08. The molecule has 1 aliphatic rings. The Balaban J connectivity index is 1.78. The summed E-state index contributed by atoms with van der Waals surface area (Å²) >= 11 is 0. The lowest BCUT2D eigenvalue weighted by Crippen LogP contribution is -2.34. The fraction of sp³-hybridized carbons (Fsp3) is 0.375. The van der Waals surface area contributed by atoms with E-state index in [0.717, 1.165) is 11.1 Å². The lowest BCUT2D eigenvalue weighted by molar-refractivity contribution is 0.0417. The summed E-state index contributed by atoms with van der Waals surface area (Å²) in [5.74, 6) is -0.0777. The number of aryl methyl sites for hydroxylation is 2. The first-order chi connectivity index (χ1) is 9.98. The molecule has 1 aliphatic heterocycles. The average Bonchev–Trinajstić information content (AvgIpc) is 3.06. The van der Waals surface area contributed by atoms with Crippen molar-refractivity contribution in [3.63, 3.8) is 0 Å². The van der Waals surface area contributed by atoms with Gasteiger partial charge in [-0.1, -0.05) is 29.8 Å². The molecule has 1 unspecified atom stereocenters. The van der Waals surface area contributed by atoms with Crippen molar-refractivity contribution in [2.24, 2.45) is 7.05 Å². The minimum absolute atomic E-state index is 0.0777. The standard InChI is InChI=1S/C16H19N3O2/c1-12-3-5-14(6-4-12)16(21)7-8-19(11-16)15(20)13-9-17-18(2)10-13/h3-6,9-10,21H,7-8,11H2,1-2H3. The molecule has 0 bridgehead atoms.